The summed E-state index contributed by atoms with van der Waals surface area (Å²) in [5.74, 6) is -0.903. The highest BCUT2D eigenvalue weighted by Crippen LogP contribution is 2.25. The van der Waals surface area contributed by atoms with E-state index in [1.54, 1.807) is 0 Å². The van der Waals surface area contributed by atoms with Crippen LogP contribution in [0.5, 0.6) is 0 Å². The minimum atomic E-state index is -0.656. The van der Waals surface area contributed by atoms with E-state index in [0.29, 0.717) is 38.4 Å². The van der Waals surface area contributed by atoms with Gasteiger partial charge in [0.05, 0.1) is 13.1 Å². The zero-order valence-electron chi connectivity index (χ0n) is 27.5. The first-order valence-corrected chi connectivity index (χ1v) is 15.1. The van der Waals surface area contributed by atoms with Crippen molar-refractivity contribution in [2.75, 3.05) is 76.9 Å². The number of esters is 2. The lowest BCUT2D eigenvalue weighted by molar-refractivity contribution is -0.156. The maximum absolute atomic E-state index is 13.8. The molecule has 2 N–H and O–H groups in total. The van der Waals surface area contributed by atoms with Crippen molar-refractivity contribution in [1.82, 2.24) is 20.4 Å². The molecule has 1 fully saturated rings. The van der Waals surface area contributed by atoms with Crippen LogP contribution in [0.25, 0.3) is 0 Å². The fourth-order valence-corrected chi connectivity index (χ4v) is 4.52. The van der Waals surface area contributed by atoms with E-state index in [4.69, 9.17) is 9.47 Å². The molecule has 0 bridgehead atoms. The number of hydrogen-bond acceptors (Lipinski definition) is 9. The first-order valence-electron chi connectivity index (χ1n) is 15.1. The van der Waals surface area contributed by atoms with Crippen molar-refractivity contribution < 1.29 is 23.9 Å². The molecule has 0 saturated carbocycles. The Kier molecular flexibility index (Phi) is 13.4. The van der Waals surface area contributed by atoms with Crippen molar-refractivity contribution in [3.8, 4) is 0 Å². The van der Waals surface area contributed by atoms with Gasteiger partial charge < -0.3 is 25.0 Å². The summed E-state index contributed by atoms with van der Waals surface area (Å²) < 4.78 is 11.1. The maximum Gasteiger partial charge on any atom is 0.326 e. The van der Waals surface area contributed by atoms with Crippen LogP contribution >= 0.6 is 0 Å². The number of carbonyl (C=O) groups excluding carboxylic acids is 3. The topological polar surface area (TPSA) is 103 Å². The van der Waals surface area contributed by atoms with Crippen molar-refractivity contribution in [2.24, 2.45) is 0 Å². The molecule has 42 heavy (non-hydrogen) atoms. The smallest absolute Gasteiger partial charge is 0.326 e. The van der Waals surface area contributed by atoms with Crippen LogP contribution < -0.4 is 15.5 Å². The van der Waals surface area contributed by atoms with Gasteiger partial charge in [-0.2, -0.15) is 0 Å². The van der Waals surface area contributed by atoms with Crippen LogP contribution in [0.4, 0.5) is 5.69 Å². The second-order valence-electron chi connectivity index (χ2n) is 14.0. The minimum absolute atomic E-state index is 0.0361. The predicted molar refractivity (Wildman–Crippen MR) is 168 cm³/mol. The summed E-state index contributed by atoms with van der Waals surface area (Å²) in [6.45, 7) is 23.2. The summed E-state index contributed by atoms with van der Waals surface area (Å²) in [5, 5.41) is 6.83. The Morgan fingerprint density at radius 3 is 1.64 bits per heavy atom. The van der Waals surface area contributed by atoms with Gasteiger partial charge in [0.25, 0.3) is 0 Å². The lowest BCUT2D eigenvalue weighted by atomic mass is 9.87. The third-order valence-electron chi connectivity index (χ3n) is 6.61. The van der Waals surface area contributed by atoms with Crippen molar-refractivity contribution in [3.05, 3.63) is 29.8 Å². The van der Waals surface area contributed by atoms with Crippen LogP contribution in [0.1, 0.15) is 67.9 Å². The first-order chi connectivity index (χ1) is 19.4. The fraction of sp³-hybridized carbons (Fsp3) is 0.719. The number of anilines is 1. The lowest BCUT2D eigenvalue weighted by Crippen LogP contribution is -2.49. The van der Waals surface area contributed by atoms with E-state index in [0.717, 1.165) is 25.2 Å². The van der Waals surface area contributed by atoms with Crippen molar-refractivity contribution in [2.45, 2.75) is 78.9 Å². The SMILES string of the molecule is CC(C)(C)OC(=O)CN1CCNCCNCCN(CC(=O)N(CC(=O)OC(C)(C)C)c2ccc(C(C)(C)C)cc2)CC1. The van der Waals surface area contributed by atoms with Gasteiger partial charge in [0, 0.05) is 58.0 Å². The van der Waals surface area contributed by atoms with Gasteiger partial charge in [-0.05, 0) is 64.7 Å². The molecule has 1 aliphatic heterocycles. The summed E-state index contributed by atoms with van der Waals surface area (Å²) in [4.78, 5) is 45.0. The zero-order valence-corrected chi connectivity index (χ0v) is 27.5. The first kappa shape index (κ1) is 35.7. The molecule has 0 unspecified atom stereocenters. The number of benzene rings is 1. The van der Waals surface area contributed by atoms with E-state index in [-0.39, 0.29) is 36.9 Å². The average molecular weight is 590 g/mol. The molecular formula is C32H55N5O5. The fourth-order valence-electron chi connectivity index (χ4n) is 4.52. The minimum Gasteiger partial charge on any atom is -0.459 e. The highest BCUT2D eigenvalue weighted by Gasteiger charge is 2.26. The Balaban J connectivity index is 2.22. The van der Waals surface area contributed by atoms with Crippen LogP contribution in [0.3, 0.4) is 0 Å². The van der Waals surface area contributed by atoms with Gasteiger partial charge in [0.15, 0.2) is 0 Å². The highest BCUT2D eigenvalue weighted by molar-refractivity contribution is 5.98. The van der Waals surface area contributed by atoms with Crippen molar-refractivity contribution in [1.29, 1.82) is 0 Å². The molecule has 1 aromatic rings. The third kappa shape index (κ3) is 14.1. The van der Waals surface area contributed by atoms with Gasteiger partial charge in [-0.3, -0.25) is 24.2 Å². The maximum atomic E-state index is 13.8. The molecule has 10 nitrogen and oxygen atoms in total. The Labute approximate surface area is 253 Å². The molecule has 10 heteroatoms. The van der Waals surface area contributed by atoms with Crippen LogP contribution in [0, 0.1) is 0 Å². The van der Waals surface area contributed by atoms with Crippen molar-refractivity contribution >= 4 is 23.5 Å². The predicted octanol–water partition coefficient (Wildman–Crippen LogP) is 2.80. The molecule has 1 aromatic carbocycles. The number of amides is 1. The van der Waals surface area contributed by atoms with E-state index in [1.165, 1.54) is 4.90 Å². The van der Waals surface area contributed by atoms with Crippen LogP contribution in [0.2, 0.25) is 0 Å². The van der Waals surface area contributed by atoms with E-state index < -0.39 is 17.2 Å². The Morgan fingerprint density at radius 1 is 0.690 bits per heavy atom. The average Bonchev–Trinajstić information content (AvgIpc) is 2.83. The second-order valence-corrected chi connectivity index (χ2v) is 14.0. The second kappa shape index (κ2) is 15.8. The van der Waals surface area contributed by atoms with Crippen LogP contribution in [-0.4, -0.2) is 111 Å². The monoisotopic (exact) mass is 589 g/mol. The molecule has 0 radical (unpaired) electrons. The van der Waals surface area contributed by atoms with Gasteiger partial charge in [-0.15, -0.1) is 0 Å². The number of carbonyl (C=O) groups is 3. The number of hydrogen-bond donors (Lipinski definition) is 2. The molecule has 1 saturated heterocycles. The zero-order chi connectivity index (χ0) is 31.6. The van der Waals surface area contributed by atoms with Crippen LogP contribution in [-0.2, 0) is 29.3 Å². The molecule has 1 heterocycles. The summed E-state index contributed by atoms with van der Waals surface area (Å²) >= 11 is 0. The van der Waals surface area contributed by atoms with Crippen molar-refractivity contribution in [3.63, 3.8) is 0 Å². The third-order valence-corrected chi connectivity index (χ3v) is 6.61. The Morgan fingerprint density at radius 2 is 1.17 bits per heavy atom. The van der Waals surface area contributed by atoms with Gasteiger partial charge in [0.1, 0.15) is 17.7 Å². The summed E-state index contributed by atoms with van der Waals surface area (Å²) in [6.07, 6.45) is 0. The van der Waals surface area contributed by atoms with E-state index in [2.05, 4.69) is 41.2 Å². The molecule has 0 aliphatic carbocycles. The summed E-state index contributed by atoms with van der Waals surface area (Å²) in [7, 11) is 0. The standard InChI is InChI=1S/C32H55N5O5/c1-30(2,3)25-10-12-26(13-11-25)37(24-29(40)42-32(7,8)9)27(38)22-35-18-16-33-14-15-34-17-19-36(21-20-35)23-28(39)41-31(4,5)6/h10-13,33-34H,14-24H2,1-9H3. The molecular weight excluding hydrogens is 534 g/mol. The van der Waals surface area contributed by atoms with Gasteiger partial charge >= 0.3 is 11.9 Å². The lowest BCUT2D eigenvalue weighted by Gasteiger charge is -2.31. The summed E-state index contributed by atoms with van der Waals surface area (Å²) in [5.41, 5.74) is 0.561. The van der Waals surface area contributed by atoms with E-state index >= 15 is 0 Å². The highest BCUT2D eigenvalue weighted by atomic mass is 16.6. The number of nitrogens with zero attached hydrogens (tertiary/aromatic N) is 3. The molecule has 0 spiro atoms. The largest absolute Gasteiger partial charge is 0.459 e. The molecule has 1 amide bonds. The molecule has 2 rings (SSSR count). The summed E-state index contributed by atoms with van der Waals surface area (Å²) in [6, 6.07) is 7.81. The van der Waals surface area contributed by atoms with E-state index in [1.807, 2.05) is 65.8 Å². The van der Waals surface area contributed by atoms with Crippen LogP contribution in [0.15, 0.2) is 24.3 Å². The van der Waals surface area contributed by atoms with Gasteiger partial charge in [-0.25, -0.2) is 0 Å². The quantitative estimate of drug-likeness (QED) is 0.465. The molecule has 0 atom stereocenters. The number of ether oxygens (including phenoxy) is 2. The number of nitrogens with one attached hydrogen (secondary N) is 2. The number of rotatable bonds is 7. The van der Waals surface area contributed by atoms with Gasteiger partial charge in [-0.1, -0.05) is 32.9 Å². The van der Waals surface area contributed by atoms with Gasteiger partial charge in [0.2, 0.25) is 5.91 Å². The Hall–Kier alpha value is -2.53. The van der Waals surface area contributed by atoms with E-state index in [9.17, 15) is 14.4 Å². The normalized spacial score (nSPS) is 17.1. The molecule has 238 valence electrons. The molecule has 0 aromatic heterocycles. The molecule has 1 aliphatic rings. The Bertz CT molecular complexity index is 1010.